The van der Waals surface area contributed by atoms with Gasteiger partial charge in [-0.1, -0.05) is 0 Å². The summed E-state index contributed by atoms with van der Waals surface area (Å²) in [5.74, 6) is 0. The van der Waals surface area contributed by atoms with Gasteiger partial charge in [0.1, 0.15) is 0 Å². The van der Waals surface area contributed by atoms with Crippen LogP contribution >= 0.6 is 8.58 Å². The van der Waals surface area contributed by atoms with Gasteiger partial charge in [-0.15, -0.1) is 8.58 Å². The second kappa shape index (κ2) is 15.9. The summed E-state index contributed by atoms with van der Waals surface area (Å²) in [5.41, 5.74) is 5.23. The fraction of sp³-hybridized carbons (Fsp3) is 0.222. The van der Waals surface area contributed by atoms with Gasteiger partial charge in [0.05, 0.1) is 0 Å². The summed E-state index contributed by atoms with van der Waals surface area (Å²) in [5, 5.41) is 0. The van der Waals surface area contributed by atoms with E-state index >= 15 is 0 Å². The Morgan fingerprint density at radius 3 is 1.52 bits per heavy atom. The topological polar surface area (TPSA) is 0 Å². The van der Waals surface area contributed by atoms with Crippen LogP contribution in [0.4, 0.5) is 0 Å². The van der Waals surface area contributed by atoms with Crippen LogP contribution in [0.25, 0.3) is 9.36 Å². The van der Waals surface area contributed by atoms with E-state index in [1.165, 1.54) is 50.3 Å². The van der Waals surface area contributed by atoms with Gasteiger partial charge in [0.25, 0.3) is 0 Å². The minimum Gasteiger partial charge on any atom is -1.00 e. The monoisotopic (exact) mass is 464 g/mol. The smallest absolute Gasteiger partial charge is 1.00 e. The summed E-state index contributed by atoms with van der Waals surface area (Å²) in [6, 6.07) is 17.4. The van der Waals surface area contributed by atoms with Gasteiger partial charge in [0.2, 0.25) is 0 Å². The molecule has 0 radical (unpaired) electrons. The molecule has 5 heteroatoms. The predicted octanol–water partition coefficient (Wildman–Crippen LogP) is -3.72. The van der Waals surface area contributed by atoms with Crippen LogP contribution in [0.1, 0.15) is 22.3 Å². The second-order valence-electron chi connectivity index (χ2n) is 4.83. The molecule has 2 rings (SSSR count). The van der Waals surface area contributed by atoms with Crippen LogP contribution in [0.2, 0.25) is 0 Å². The van der Waals surface area contributed by atoms with Crippen molar-refractivity contribution in [3.05, 3.63) is 70.8 Å². The van der Waals surface area contributed by atoms with Gasteiger partial charge in [-0.25, -0.2) is 0 Å². The Labute approximate surface area is 176 Å². The zero-order chi connectivity index (χ0) is 15.0. The van der Waals surface area contributed by atoms with E-state index in [9.17, 15) is 0 Å². The number of hydrogen-bond acceptors (Lipinski definition) is 0. The quantitative estimate of drug-likeness (QED) is 0.316. The average molecular weight is 467 g/mol. The first-order valence-corrected chi connectivity index (χ1v) is 9.95. The molecule has 0 spiro atoms. The third-order valence-electron chi connectivity index (χ3n) is 2.75. The van der Waals surface area contributed by atoms with Gasteiger partial charge in [-0.05, 0) is 13.3 Å². The predicted molar refractivity (Wildman–Crippen MR) is 90.4 cm³/mol. The Hall–Kier alpha value is 0.363. The molecule has 0 atom stereocenters. The maximum absolute atomic E-state index is 2.27. The van der Waals surface area contributed by atoms with Crippen molar-refractivity contribution in [3.63, 3.8) is 0 Å². The molecule has 0 nitrogen and oxygen atoms in total. The third-order valence-corrected chi connectivity index (χ3v) is 3.82. The molecule has 0 amide bonds. The Morgan fingerprint density at radius 2 is 1.13 bits per heavy atom. The first kappa shape index (κ1) is 28.2. The fourth-order valence-electron chi connectivity index (χ4n) is 1.65. The summed E-state index contributed by atoms with van der Waals surface area (Å²) in [6.45, 7) is 8.54. The molecule has 0 aliphatic rings. The van der Waals surface area contributed by atoms with E-state index in [2.05, 4.69) is 81.8 Å². The number of hydrogen-bond donors (Lipinski definition) is 0. The summed E-state index contributed by atoms with van der Waals surface area (Å²) >= 11 is 1.45. The number of halogens is 3. The number of aryl methyl sites for hydroxylation is 2. The van der Waals surface area contributed by atoms with Gasteiger partial charge in [0.15, 0.2) is 0 Å². The average Bonchev–Trinajstić information content (AvgIpc) is 2.43. The van der Waals surface area contributed by atoms with Crippen molar-refractivity contribution in [1.29, 1.82) is 0 Å². The maximum atomic E-state index is 2.27. The van der Waals surface area contributed by atoms with Gasteiger partial charge in [-0.3, -0.25) is 0 Å². The second-order valence-corrected chi connectivity index (χ2v) is 7.16. The van der Waals surface area contributed by atoms with Crippen LogP contribution in [-0.2, 0) is 24.7 Å². The largest absolute Gasteiger partial charge is 1.00 e. The van der Waals surface area contributed by atoms with E-state index < -0.39 is 0 Å². The molecule has 2 aromatic carbocycles. The summed E-state index contributed by atoms with van der Waals surface area (Å²) < 4.78 is 1.39. The molecule has 2 aromatic rings. The van der Waals surface area contributed by atoms with Gasteiger partial charge in [-0.2, -0.15) is 0 Å². The Morgan fingerprint density at radius 1 is 0.783 bits per heavy atom. The van der Waals surface area contributed by atoms with E-state index in [1.54, 1.807) is 0 Å². The summed E-state index contributed by atoms with van der Waals surface area (Å²) in [6.07, 6.45) is 2.27. The minimum atomic E-state index is 0. The van der Waals surface area contributed by atoms with E-state index in [4.69, 9.17) is 0 Å². The molecule has 0 saturated heterocycles. The SMILES string of the molecule is CPC.Cc1ccc(C=[C]([Zr+3])c2ccc(C)cc2)cc1.[Cl-].[Cl-].[Cl-]. The molecule has 0 aliphatic heterocycles. The number of benzene rings is 2. The zero-order valence-electron chi connectivity index (χ0n) is 13.8. The molecule has 0 heterocycles. The third kappa shape index (κ3) is 11.5. The van der Waals surface area contributed by atoms with Gasteiger partial charge in [0, 0.05) is 0 Å². The molecule has 124 valence electrons. The van der Waals surface area contributed by atoms with Crippen molar-refractivity contribution in [3.8, 4) is 0 Å². The zero-order valence-corrected chi connectivity index (χ0v) is 19.6. The fourth-order valence-corrected chi connectivity index (χ4v) is 2.47. The van der Waals surface area contributed by atoms with E-state index in [1.807, 2.05) is 0 Å². The van der Waals surface area contributed by atoms with Crippen molar-refractivity contribution < 1.29 is 61.9 Å². The molecular formula is C18H22Cl3PZr. The van der Waals surface area contributed by atoms with Crippen molar-refractivity contribution >= 4 is 17.9 Å². The standard InChI is InChI=1S/C16H15.C2H7P.3ClH.Zr/c1-13-3-7-15(8-4-13)11-12-16-9-5-14(2)6-10-16;1-3-2;;;;/h3-11H,1-2H3;3H,1-2H3;3*1H;/q;;;;;+3/p-3. The van der Waals surface area contributed by atoms with Crippen molar-refractivity contribution in [2.45, 2.75) is 13.8 Å². The molecule has 0 saturated carbocycles. The Bertz CT molecular complexity index is 551. The van der Waals surface area contributed by atoms with Crippen molar-refractivity contribution in [2.24, 2.45) is 0 Å². The summed E-state index contributed by atoms with van der Waals surface area (Å²) in [7, 11) is 1.08. The molecule has 0 bridgehead atoms. The van der Waals surface area contributed by atoms with E-state index in [0.717, 1.165) is 8.58 Å². The van der Waals surface area contributed by atoms with Crippen LogP contribution in [0.3, 0.4) is 0 Å². The molecule has 0 fully saturated rings. The van der Waals surface area contributed by atoms with Crippen LogP contribution in [0.15, 0.2) is 48.5 Å². The van der Waals surface area contributed by atoms with Crippen LogP contribution < -0.4 is 37.2 Å². The molecular weight excluding hydrogens is 445 g/mol. The van der Waals surface area contributed by atoms with Crippen LogP contribution in [-0.4, -0.2) is 13.3 Å². The summed E-state index contributed by atoms with van der Waals surface area (Å²) in [4.78, 5) is 0. The van der Waals surface area contributed by atoms with Gasteiger partial charge >= 0.3 is 119 Å². The normalized spacial score (nSPS) is 9.39. The number of rotatable bonds is 2. The minimum absolute atomic E-state index is 0. The molecule has 0 aliphatic carbocycles. The van der Waals surface area contributed by atoms with Crippen LogP contribution in [0.5, 0.6) is 0 Å². The van der Waals surface area contributed by atoms with Crippen molar-refractivity contribution in [1.82, 2.24) is 0 Å². The van der Waals surface area contributed by atoms with E-state index in [-0.39, 0.29) is 37.2 Å². The van der Waals surface area contributed by atoms with Gasteiger partial charge < -0.3 is 37.2 Å². The Kier molecular flexibility index (Phi) is 19.4. The first-order chi connectivity index (χ1) is 9.56. The molecule has 0 aromatic heterocycles. The first-order valence-electron chi connectivity index (χ1n) is 6.72. The Balaban J connectivity index is -0.000000620. The molecule has 0 unspecified atom stereocenters. The maximum Gasteiger partial charge on any atom is -1.00 e. The molecule has 23 heavy (non-hydrogen) atoms. The van der Waals surface area contributed by atoms with Crippen LogP contribution in [0, 0.1) is 13.8 Å². The van der Waals surface area contributed by atoms with Crippen molar-refractivity contribution in [2.75, 3.05) is 13.3 Å². The van der Waals surface area contributed by atoms with E-state index in [0.29, 0.717) is 0 Å². The molecule has 0 N–H and O–H groups in total.